The maximum atomic E-state index is 12.6. The average Bonchev–Trinajstić information content (AvgIpc) is 2.87. The second-order valence-electron chi connectivity index (χ2n) is 8.36. The third kappa shape index (κ3) is 5.26. The molecule has 3 aromatic rings. The molecule has 0 aliphatic carbocycles. The predicted molar refractivity (Wildman–Crippen MR) is 134 cm³/mol. The number of fused-ring (bicyclic) bond motifs is 1. The van der Waals surface area contributed by atoms with E-state index in [1.807, 2.05) is 12.1 Å². The first-order valence-electron chi connectivity index (χ1n) is 11.3. The Kier molecular flexibility index (Phi) is 7.23. The maximum absolute atomic E-state index is 12.6. The third-order valence-corrected chi connectivity index (χ3v) is 6.23. The van der Waals surface area contributed by atoms with E-state index in [0.717, 1.165) is 49.7 Å². The van der Waals surface area contributed by atoms with E-state index in [1.165, 1.54) is 16.7 Å². The number of amides is 1. The molecule has 3 N–H and O–H groups in total. The van der Waals surface area contributed by atoms with Gasteiger partial charge in [-0.2, -0.15) is 0 Å². The van der Waals surface area contributed by atoms with Gasteiger partial charge in [0.1, 0.15) is 5.75 Å². The molecule has 0 fully saturated rings. The maximum Gasteiger partial charge on any atom is 0.257 e. The Labute approximate surface area is 200 Å². The molecule has 1 amide bonds. The first-order valence-corrected chi connectivity index (χ1v) is 11.3. The van der Waals surface area contributed by atoms with Gasteiger partial charge in [-0.25, -0.2) is 0 Å². The minimum atomic E-state index is -0.261. The predicted octanol–water partition coefficient (Wildman–Crippen LogP) is 4.15. The lowest BCUT2D eigenvalue weighted by molar-refractivity contribution is 0.102. The van der Waals surface area contributed by atoms with E-state index in [1.54, 1.807) is 39.5 Å². The number of nitrogens with zero attached hydrogens (tertiary/aromatic N) is 1. The number of nitrogens with two attached hydrogens (primary N) is 1. The van der Waals surface area contributed by atoms with Crippen molar-refractivity contribution in [3.05, 3.63) is 76.9 Å². The fraction of sp³-hybridized carbons (Fsp3) is 0.296. The average molecular weight is 462 g/mol. The molecule has 0 saturated carbocycles. The number of ether oxygens (including phenoxy) is 3. The first kappa shape index (κ1) is 23.4. The quantitative estimate of drug-likeness (QED) is 0.490. The van der Waals surface area contributed by atoms with Crippen LogP contribution in [0.15, 0.2) is 54.6 Å². The van der Waals surface area contributed by atoms with Gasteiger partial charge in [0.25, 0.3) is 5.91 Å². The number of methoxy groups -OCH3 is 3. The highest BCUT2D eigenvalue weighted by Crippen LogP contribution is 2.33. The fourth-order valence-corrected chi connectivity index (χ4v) is 4.23. The smallest absolute Gasteiger partial charge is 0.257 e. The Morgan fingerprint density at radius 2 is 1.65 bits per heavy atom. The van der Waals surface area contributed by atoms with Gasteiger partial charge in [-0.15, -0.1) is 0 Å². The molecule has 7 nitrogen and oxygen atoms in total. The van der Waals surface area contributed by atoms with E-state index in [4.69, 9.17) is 19.9 Å². The zero-order chi connectivity index (χ0) is 24.1. The summed E-state index contributed by atoms with van der Waals surface area (Å²) in [6.45, 7) is 2.87. The van der Waals surface area contributed by atoms with Crippen LogP contribution in [0.4, 0.5) is 11.4 Å². The molecule has 1 heterocycles. The number of benzene rings is 3. The van der Waals surface area contributed by atoms with Crippen molar-refractivity contribution in [2.75, 3.05) is 45.5 Å². The molecule has 0 atom stereocenters. The molecule has 0 unspecified atom stereocenters. The molecule has 1 aliphatic heterocycles. The highest BCUT2D eigenvalue weighted by atomic mass is 16.5. The summed E-state index contributed by atoms with van der Waals surface area (Å²) in [7, 11) is 4.90. The van der Waals surface area contributed by atoms with Gasteiger partial charge in [0, 0.05) is 31.0 Å². The fourth-order valence-electron chi connectivity index (χ4n) is 4.23. The van der Waals surface area contributed by atoms with E-state index < -0.39 is 0 Å². The standard InChI is InChI=1S/C27H31N3O4/c1-32-22-8-9-24(28)23(16-22)27(31)29-21-6-4-18(5-7-21)10-12-30-13-11-19-14-25(33-2)26(34-3)15-20(19)17-30/h4-9,14-16H,10-13,17,28H2,1-3H3,(H,29,31). The number of carbonyl (C=O) groups is 1. The van der Waals surface area contributed by atoms with Crippen molar-refractivity contribution in [1.82, 2.24) is 4.90 Å². The monoisotopic (exact) mass is 461 g/mol. The Balaban J connectivity index is 1.34. The highest BCUT2D eigenvalue weighted by Gasteiger charge is 2.19. The van der Waals surface area contributed by atoms with Crippen LogP contribution in [-0.2, 0) is 19.4 Å². The zero-order valence-electron chi connectivity index (χ0n) is 19.9. The van der Waals surface area contributed by atoms with Gasteiger partial charge in [0.15, 0.2) is 11.5 Å². The van der Waals surface area contributed by atoms with Crippen LogP contribution in [0.3, 0.4) is 0 Å². The lowest BCUT2D eigenvalue weighted by Gasteiger charge is -2.29. The van der Waals surface area contributed by atoms with Crippen LogP contribution in [0.25, 0.3) is 0 Å². The van der Waals surface area contributed by atoms with E-state index >= 15 is 0 Å². The van der Waals surface area contributed by atoms with Gasteiger partial charge < -0.3 is 25.3 Å². The number of hydrogen-bond donors (Lipinski definition) is 2. The molecule has 34 heavy (non-hydrogen) atoms. The van der Waals surface area contributed by atoms with Crippen molar-refractivity contribution >= 4 is 17.3 Å². The topological polar surface area (TPSA) is 86.0 Å². The van der Waals surface area contributed by atoms with Crippen molar-refractivity contribution < 1.29 is 19.0 Å². The van der Waals surface area contributed by atoms with Crippen LogP contribution in [0.5, 0.6) is 17.2 Å². The summed E-state index contributed by atoms with van der Waals surface area (Å²) < 4.78 is 16.1. The van der Waals surface area contributed by atoms with Crippen LogP contribution in [0, 0.1) is 0 Å². The van der Waals surface area contributed by atoms with Gasteiger partial charge in [-0.3, -0.25) is 9.69 Å². The van der Waals surface area contributed by atoms with Crippen molar-refractivity contribution in [2.24, 2.45) is 0 Å². The van der Waals surface area contributed by atoms with Gasteiger partial charge >= 0.3 is 0 Å². The number of rotatable bonds is 8. The van der Waals surface area contributed by atoms with Crippen LogP contribution < -0.4 is 25.3 Å². The third-order valence-electron chi connectivity index (χ3n) is 6.23. The van der Waals surface area contributed by atoms with Gasteiger partial charge in [-0.05, 0) is 72.0 Å². The number of hydrogen-bond acceptors (Lipinski definition) is 6. The van der Waals surface area contributed by atoms with Crippen LogP contribution in [0.1, 0.15) is 27.0 Å². The zero-order valence-corrected chi connectivity index (χ0v) is 19.9. The molecule has 4 rings (SSSR count). The lowest BCUT2D eigenvalue weighted by atomic mass is 9.98. The number of nitrogens with one attached hydrogen (secondary N) is 1. The first-order chi connectivity index (χ1) is 16.5. The highest BCUT2D eigenvalue weighted by molar-refractivity contribution is 6.08. The molecule has 1 aliphatic rings. The second kappa shape index (κ2) is 10.5. The molecule has 0 saturated heterocycles. The van der Waals surface area contributed by atoms with Crippen LogP contribution >= 0.6 is 0 Å². The van der Waals surface area contributed by atoms with Crippen LogP contribution in [0.2, 0.25) is 0 Å². The minimum Gasteiger partial charge on any atom is -0.497 e. The van der Waals surface area contributed by atoms with Crippen molar-refractivity contribution in [3.8, 4) is 17.2 Å². The molecule has 3 aromatic carbocycles. The Morgan fingerprint density at radius 1 is 0.941 bits per heavy atom. The summed E-state index contributed by atoms with van der Waals surface area (Å²) in [6.07, 6.45) is 1.92. The Morgan fingerprint density at radius 3 is 2.32 bits per heavy atom. The molecule has 0 radical (unpaired) electrons. The van der Waals surface area contributed by atoms with Crippen molar-refractivity contribution in [3.63, 3.8) is 0 Å². The summed E-state index contributed by atoms with van der Waals surface area (Å²) in [5, 5.41) is 2.91. The normalized spacial score (nSPS) is 13.1. The summed E-state index contributed by atoms with van der Waals surface area (Å²) in [5.74, 6) is 1.89. The van der Waals surface area contributed by atoms with Gasteiger partial charge in [0.2, 0.25) is 0 Å². The van der Waals surface area contributed by atoms with Gasteiger partial charge in [0.05, 0.1) is 26.9 Å². The second-order valence-corrected chi connectivity index (χ2v) is 8.36. The number of nitrogen functional groups attached to an aromatic ring is 1. The van der Waals surface area contributed by atoms with Gasteiger partial charge in [-0.1, -0.05) is 12.1 Å². The minimum absolute atomic E-state index is 0.261. The van der Waals surface area contributed by atoms with Crippen molar-refractivity contribution in [1.29, 1.82) is 0 Å². The SMILES string of the molecule is COc1ccc(N)c(C(=O)Nc2ccc(CCN3CCc4cc(OC)c(OC)cc4C3)cc2)c1. The molecule has 0 aromatic heterocycles. The summed E-state index contributed by atoms with van der Waals surface area (Å²) >= 11 is 0. The van der Waals surface area contributed by atoms with E-state index in [-0.39, 0.29) is 5.91 Å². The molecule has 7 heteroatoms. The van der Waals surface area contributed by atoms with Crippen molar-refractivity contribution in [2.45, 2.75) is 19.4 Å². The Bertz CT molecular complexity index is 1160. The molecule has 0 spiro atoms. The van der Waals surface area contributed by atoms with E-state index in [2.05, 4.69) is 34.5 Å². The van der Waals surface area contributed by atoms with Crippen LogP contribution in [-0.4, -0.2) is 45.2 Å². The Hall–Kier alpha value is -3.71. The summed E-state index contributed by atoms with van der Waals surface area (Å²) in [5.41, 5.74) is 11.3. The molecular formula is C27H31N3O4. The van der Waals surface area contributed by atoms with E-state index in [9.17, 15) is 4.79 Å². The largest absolute Gasteiger partial charge is 0.497 e. The summed E-state index contributed by atoms with van der Waals surface area (Å²) in [4.78, 5) is 15.1. The molecular weight excluding hydrogens is 430 g/mol. The molecule has 0 bridgehead atoms. The lowest BCUT2D eigenvalue weighted by Crippen LogP contribution is -2.32. The molecule has 178 valence electrons. The van der Waals surface area contributed by atoms with E-state index in [0.29, 0.717) is 17.0 Å². The number of carbonyl (C=O) groups excluding carboxylic acids is 1. The number of anilines is 2. The summed E-state index contributed by atoms with van der Waals surface area (Å²) in [6, 6.07) is 17.2.